The summed E-state index contributed by atoms with van der Waals surface area (Å²) in [5.41, 5.74) is -0.0284. The van der Waals surface area contributed by atoms with Crippen molar-refractivity contribution in [1.82, 2.24) is 10.2 Å². The Hall–Kier alpha value is -0.120. The highest BCUT2D eigenvalue weighted by Gasteiger charge is 2.32. The fourth-order valence-corrected chi connectivity index (χ4v) is 2.54. The smallest absolute Gasteiger partial charge is 0.0613 e. The van der Waals surface area contributed by atoms with Crippen molar-refractivity contribution in [1.29, 1.82) is 0 Å². The third-order valence-electron chi connectivity index (χ3n) is 3.95. The summed E-state index contributed by atoms with van der Waals surface area (Å²) in [6.45, 7) is 10.3. The normalized spacial score (nSPS) is 30.0. The molecular weight excluding hydrogens is 200 g/mol. The molecule has 1 saturated heterocycles. The Morgan fingerprint density at radius 2 is 2.06 bits per heavy atom. The topological polar surface area (TPSA) is 35.5 Å². The van der Waals surface area contributed by atoms with Gasteiger partial charge in [-0.25, -0.2) is 0 Å². The molecule has 1 heterocycles. The molecule has 0 saturated carbocycles. The number of nitrogens with zero attached hydrogens (tertiary/aromatic N) is 1. The maximum atomic E-state index is 9.69. The number of hydrogen-bond donors (Lipinski definition) is 2. The largest absolute Gasteiger partial charge is 0.394 e. The first-order valence-electron chi connectivity index (χ1n) is 6.76. The van der Waals surface area contributed by atoms with Crippen molar-refractivity contribution in [2.75, 3.05) is 26.2 Å². The lowest BCUT2D eigenvalue weighted by Gasteiger charge is -2.35. The van der Waals surface area contributed by atoms with Crippen molar-refractivity contribution in [3.63, 3.8) is 0 Å². The molecule has 2 unspecified atom stereocenters. The minimum Gasteiger partial charge on any atom is -0.394 e. The van der Waals surface area contributed by atoms with Gasteiger partial charge in [-0.3, -0.25) is 0 Å². The summed E-state index contributed by atoms with van der Waals surface area (Å²) in [4.78, 5) is 2.48. The summed E-state index contributed by atoms with van der Waals surface area (Å²) in [7, 11) is 0. The van der Waals surface area contributed by atoms with Crippen LogP contribution < -0.4 is 5.32 Å². The third-order valence-corrected chi connectivity index (χ3v) is 3.95. The van der Waals surface area contributed by atoms with E-state index in [1.54, 1.807) is 0 Å². The molecule has 2 atom stereocenters. The first-order chi connectivity index (χ1) is 7.65. The van der Waals surface area contributed by atoms with Gasteiger partial charge >= 0.3 is 0 Å². The first-order valence-corrected chi connectivity index (χ1v) is 6.76. The van der Waals surface area contributed by atoms with E-state index in [2.05, 4.69) is 31.0 Å². The van der Waals surface area contributed by atoms with Crippen molar-refractivity contribution < 1.29 is 5.11 Å². The lowest BCUT2D eigenvalue weighted by atomic mass is 9.90. The van der Waals surface area contributed by atoms with Crippen LogP contribution in [0, 0.1) is 0 Å². The van der Waals surface area contributed by atoms with Crippen LogP contribution >= 0.6 is 0 Å². The van der Waals surface area contributed by atoms with Crippen LogP contribution in [-0.4, -0.2) is 47.8 Å². The molecule has 1 aliphatic heterocycles. The molecule has 0 spiro atoms. The van der Waals surface area contributed by atoms with Crippen LogP contribution in [0.25, 0.3) is 0 Å². The van der Waals surface area contributed by atoms with Crippen molar-refractivity contribution in [3.05, 3.63) is 0 Å². The van der Waals surface area contributed by atoms with Crippen molar-refractivity contribution in [2.45, 2.75) is 58.0 Å². The first kappa shape index (κ1) is 13.9. The molecule has 1 fully saturated rings. The van der Waals surface area contributed by atoms with Crippen LogP contribution in [0.3, 0.4) is 0 Å². The van der Waals surface area contributed by atoms with Gasteiger partial charge in [-0.05, 0) is 52.2 Å². The molecule has 0 aromatic heterocycles. The predicted octanol–water partition coefficient (Wildman–Crippen LogP) is 1.61. The molecule has 0 aromatic carbocycles. The van der Waals surface area contributed by atoms with E-state index in [4.69, 9.17) is 0 Å². The molecule has 2 N–H and O–H groups in total. The highest BCUT2D eigenvalue weighted by molar-refractivity contribution is 4.92. The molecule has 1 aliphatic rings. The average Bonchev–Trinajstić information content (AvgIpc) is 2.52. The number of hydrogen-bond acceptors (Lipinski definition) is 3. The molecule has 16 heavy (non-hydrogen) atoms. The monoisotopic (exact) mass is 228 g/mol. The summed E-state index contributed by atoms with van der Waals surface area (Å²) in [6.07, 6.45) is 4.49. The van der Waals surface area contributed by atoms with Crippen LogP contribution in [-0.2, 0) is 0 Å². The Labute approximate surface area is 100 Å². The Morgan fingerprint density at radius 3 is 2.62 bits per heavy atom. The van der Waals surface area contributed by atoms with Gasteiger partial charge in [0.25, 0.3) is 0 Å². The Balaban J connectivity index is 2.57. The van der Waals surface area contributed by atoms with Gasteiger partial charge in [-0.1, -0.05) is 13.8 Å². The molecule has 0 aromatic rings. The van der Waals surface area contributed by atoms with Gasteiger partial charge < -0.3 is 15.3 Å². The zero-order valence-electron chi connectivity index (χ0n) is 11.1. The number of aliphatic hydroxyl groups is 1. The molecule has 3 heteroatoms. The second-order valence-electron chi connectivity index (χ2n) is 5.18. The van der Waals surface area contributed by atoms with Crippen LogP contribution in [0.2, 0.25) is 0 Å². The summed E-state index contributed by atoms with van der Waals surface area (Å²) in [6, 6.07) is 0.500. The molecule has 0 aliphatic carbocycles. The highest BCUT2D eigenvalue weighted by Crippen LogP contribution is 2.23. The maximum absolute atomic E-state index is 9.69. The SMILES string of the molecule is CCC(C)NC1(CO)CCCN(CC)CC1. The second-order valence-corrected chi connectivity index (χ2v) is 5.18. The van der Waals surface area contributed by atoms with Crippen molar-refractivity contribution >= 4 is 0 Å². The van der Waals surface area contributed by atoms with E-state index in [1.165, 1.54) is 13.0 Å². The van der Waals surface area contributed by atoms with E-state index < -0.39 is 0 Å². The molecule has 1 rings (SSSR count). The third kappa shape index (κ3) is 3.72. The second kappa shape index (κ2) is 6.58. The van der Waals surface area contributed by atoms with Gasteiger partial charge in [-0.2, -0.15) is 0 Å². The minimum absolute atomic E-state index is 0.0284. The van der Waals surface area contributed by atoms with E-state index >= 15 is 0 Å². The van der Waals surface area contributed by atoms with Gasteiger partial charge in [0.05, 0.1) is 6.61 Å². The van der Waals surface area contributed by atoms with Gasteiger partial charge in [0.2, 0.25) is 0 Å². The molecule has 3 nitrogen and oxygen atoms in total. The van der Waals surface area contributed by atoms with Crippen LogP contribution in [0.15, 0.2) is 0 Å². The van der Waals surface area contributed by atoms with Gasteiger partial charge in [0.15, 0.2) is 0 Å². The van der Waals surface area contributed by atoms with Crippen molar-refractivity contribution in [3.8, 4) is 0 Å². The average molecular weight is 228 g/mol. The van der Waals surface area contributed by atoms with E-state index in [0.29, 0.717) is 6.04 Å². The molecular formula is C13H28N2O. The number of rotatable bonds is 5. The molecule has 96 valence electrons. The summed E-state index contributed by atoms with van der Waals surface area (Å²) < 4.78 is 0. The Kier molecular flexibility index (Phi) is 5.73. The van der Waals surface area contributed by atoms with Gasteiger partial charge in [0.1, 0.15) is 0 Å². The quantitative estimate of drug-likeness (QED) is 0.750. The van der Waals surface area contributed by atoms with Crippen molar-refractivity contribution in [2.24, 2.45) is 0 Å². The molecule has 0 amide bonds. The van der Waals surface area contributed by atoms with Crippen LogP contribution in [0.5, 0.6) is 0 Å². The fourth-order valence-electron chi connectivity index (χ4n) is 2.54. The molecule has 0 bridgehead atoms. The molecule has 0 radical (unpaired) electrons. The number of nitrogens with one attached hydrogen (secondary N) is 1. The summed E-state index contributed by atoms with van der Waals surface area (Å²) in [5.74, 6) is 0. The number of likely N-dealkylation sites (tertiary alicyclic amines) is 1. The maximum Gasteiger partial charge on any atom is 0.0613 e. The zero-order chi connectivity index (χ0) is 12.0. The Bertz CT molecular complexity index is 198. The number of aliphatic hydroxyl groups excluding tert-OH is 1. The summed E-state index contributed by atoms with van der Waals surface area (Å²) in [5, 5.41) is 13.3. The zero-order valence-corrected chi connectivity index (χ0v) is 11.1. The lowest BCUT2D eigenvalue weighted by molar-refractivity contribution is 0.131. The Morgan fingerprint density at radius 1 is 1.31 bits per heavy atom. The van der Waals surface area contributed by atoms with Gasteiger partial charge in [-0.15, -0.1) is 0 Å². The predicted molar refractivity (Wildman–Crippen MR) is 68.7 cm³/mol. The lowest BCUT2D eigenvalue weighted by Crippen LogP contribution is -2.52. The highest BCUT2D eigenvalue weighted by atomic mass is 16.3. The van der Waals surface area contributed by atoms with Gasteiger partial charge in [0, 0.05) is 11.6 Å². The fraction of sp³-hybridized carbons (Fsp3) is 1.00. The van der Waals surface area contributed by atoms with E-state index in [-0.39, 0.29) is 12.1 Å². The van der Waals surface area contributed by atoms with E-state index in [9.17, 15) is 5.11 Å². The van der Waals surface area contributed by atoms with E-state index in [0.717, 1.165) is 32.4 Å². The van der Waals surface area contributed by atoms with Crippen LogP contribution in [0.4, 0.5) is 0 Å². The van der Waals surface area contributed by atoms with Crippen LogP contribution in [0.1, 0.15) is 46.5 Å². The minimum atomic E-state index is -0.0284. The van der Waals surface area contributed by atoms with E-state index in [1.807, 2.05) is 0 Å². The summed E-state index contributed by atoms with van der Waals surface area (Å²) >= 11 is 0. The standard InChI is InChI=1S/C13H28N2O/c1-4-12(3)14-13(11-16)7-6-9-15(5-2)10-8-13/h12,14,16H,4-11H2,1-3H3.